The molecule has 74 valence electrons. The lowest BCUT2D eigenvalue weighted by Gasteiger charge is -1.96. The molecule has 0 aliphatic heterocycles. The van der Waals surface area contributed by atoms with Crippen LogP contribution >= 0.6 is 11.3 Å². The maximum absolute atomic E-state index is 5.44. The van der Waals surface area contributed by atoms with Crippen LogP contribution in [0.1, 0.15) is 35.9 Å². The first-order valence-electron chi connectivity index (χ1n) is 5.14. The van der Waals surface area contributed by atoms with Gasteiger partial charge in [-0.2, -0.15) is 0 Å². The van der Waals surface area contributed by atoms with Crippen molar-refractivity contribution >= 4 is 11.3 Å². The molecule has 0 saturated carbocycles. The molecular weight excluding hydrogens is 178 g/mol. The Morgan fingerprint density at radius 2 is 1.92 bits per heavy atom. The van der Waals surface area contributed by atoms with E-state index < -0.39 is 0 Å². The summed E-state index contributed by atoms with van der Waals surface area (Å²) in [4.78, 5) is 3.04. The van der Waals surface area contributed by atoms with Gasteiger partial charge in [0.2, 0.25) is 0 Å². The summed E-state index contributed by atoms with van der Waals surface area (Å²) in [6.07, 6.45) is 6.15. The number of thiophene rings is 1. The minimum absolute atomic E-state index is 0.838. The van der Waals surface area contributed by atoms with Crippen molar-refractivity contribution in [3.05, 3.63) is 21.9 Å². The van der Waals surface area contributed by atoms with Gasteiger partial charge in [-0.25, -0.2) is 0 Å². The highest BCUT2D eigenvalue weighted by molar-refractivity contribution is 7.11. The molecule has 0 unspecified atom stereocenters. The van der Waals surface area contributed by atoms with E-state index in [4.69, 9.17) is 5.73 Å². The largest absolute Gasteiger partial charge is 0.330 e. The van der Waals surface area contributed by atoms with Crippen LogP contribution in [0.3, 0.4) is 0 Å². The van der Waals surface area contributed by atoms with Crippen molar-refractivity contribution in [2.75, 3.05) is 6.54 Å². The fraction of sp³-hybridized carbons (Fsp3) is 0.636. The average molecular weight is 197 g/mol. The monoisotopic (exact) mass is 197 g/mol. The summed E-state index contributed by atoms with van der Waals surface area (Å²) in [6.45, 7) is 3.05. The van der Waals surface area contributed by atoms with Crippen LogP contribution in [-0.2, 0) is 12.8 Å². The summed E-state index contributed by atoms with van der Waals surface area (Å²) in [5.74, 6) is 0. The van der Waals surface area contributed by atoms with E-state index in [1.807, 2.05) is 11.3 Å². The molecule has 1 rings (SSSR count). The Kier molecular flexibility index (Phi) is 5.09. The third kappa shape index (κ3) is 3.92. The average Bonchev–Trinajstić information content (AvgIpc) is 2.60. The quantitative estimate of drug-likeness (QED) is 0.697. The maximum Gasteiger partial charge on any atom is 0.00481 e. The molecule has 0 atom stereocenters. The number of unbranched alkanes of at least 4 members (excludes halogenated alkanes) is 2. The van der Waals surface area contributed by atoms with Crippen LogP contribution in [0, 0.1) is 0 Å². The molecular formula is C11H19NS. The second-order valence-electron chi connectivity index (χ2n) is 3.32. The summed E-state index contributed by atoms with van der Waals surface area (Å²) < 4.78 is 0. The van der Waals surface area contributed by atoms with Gasteiger partial charge in [-0.1, -0.05) is 13.3 Å². The third-order valence-electron chi connectivity index (χ3n) is 2.19. The fourth-order valence-electron chi connectivity index (χ4n) is 1.37. The van der Waals surface area contributed by atoms with E-state index in [2.05, 4.69) is 19.1 Å². The summed E-state index contributed by atoms with van der Waals surface area (Å²) >= 11 is 1.96. The summed E-state index contributed by atoms with van der Waals surface area (Å²) in [6, 6.07) is 4.52. The van der Waals surface area contributed by atoms with Crippen molar-refractivity contribution < 1.29 is 0 Å². The summed E-state index contributed by atoms with van der Waals surface area (Å²) in [5.41, 5.74) is 5.44. The van der Waals surface area contributed by atoms with Crippen molar-refractivity contribution in [3.63, 3.8) is 0 Å². The van der Waals surface area contributed by atoms with E-state index in [-0.39, 0.29) is 0 Å². The van der Waals surface area contributed by atoms with Crippen molar-refractivity contribution in [1.82, 2.24) is 0 Å². The third-order valence-corrected chi connectivity index (χ3v) is 3.48. The molecule has 1 heterocycles. The predicted octanol–water partition coefficient (Wildman–Crippen LogP) is 2.98. The van der Waals surface area contributed by atoms with Gasteiger partial charge < -0.3 is 5.73 Å². The Morgan fingerprint density at radius 3 is 2.54 bits per heavy atom. The van der Waals surface area contributed by atoms with Gasteiger partial charge in [-0.3, -0.25) is 0 Å². The zero-order chi connectivity index (χ0) is 9.52. The van der Waals surface area contributed by atoms with Crippen molar-refractivity contribution in [2.24, 2.45) is 5.73 Å². The molecule has 1 nitrogen and oxygen atoms in total. The van der Waals surface area contributed by atoms with Gasteiger partial charge in [0.25, 0.3) is 0 Å². The molecule has 13 heavy (non-hydrogen) atoms. The molecule has 0 radical (unpaired) electrons. The topological polar surface area (TPSA) is 26.0 Å². The Morgan fingerprint density at radius 1 is 1.15 bits per heavy atom. The Labute approximate surface area is 85.0 Å². The minimum atomic E-state index is 0.838. The predicted molar refractivity (Wildman–Crippen MR) is 60.3 cm³/mol. The van der Waals surface area contributed by atoms with Gasteiger partial charge in [0.15, 0.2) is 0 Å². The highest BCUT2D eigenvalue weighted by Crippen LogP contribution is 2.18. The number of hydrogen-bond acceptors (Lipinski definition) is 2. The van der Waals surface area contributed by atoms with Gasteiger partial charge in [0.1, 0.15) is 0 Å². The first-order valence-corrected chi connectivity index (χ1v) is 5.96. The van der Waals surface area contributed by atoms with Crippen molar-refractivity contribution in [1.29, 1.82) is 0 Å². The molecule has 2 heteroatoms. The highest BCUT2D eigenvalue weighted by Gasteiger charge is 1.97. The molecule has 0 aliphatic carbocycles. The zero-order valence-electron chi connectivity index (χ0n) is 8.38. The molecule has 1 aromatic heterocycles. The minimum Gasteiger partial charge on any atom is -0.330 e. The van der Waals surface area contributed by atoms with E-state index >= 15 is 0 Å². The van der Waals surface area contributed by atoms with E-state index in [0.717, 1.165) is 6.54 Å². The first kappa shape index (κ1) is 10.7. The highest BCUT2D eigenvalue weighted by atomic mass is 32.1. The molecule has 0 spiro atoms. The second-order valence-corrected chi connectivity index (χ2v) is 4.57. The standard InChI is InChI=1S/C11H19NS/c1-2-10-7-8-11(13-10)6-4-3-5-9-12/h7-8H,2-6,9,12H2,1H3. The van der Waals surface area contributed by atoms with Crippen LogP contribution in [0.2, 0.25) is 0 Å². The molecule has 0 saturated heterocycles. The smallest absolute Gasteiger partial charge is 0.00481 e. The molecule has 0 bridgehead atoms. The summed E-state index contributed by atoms with van der Waals surface area (Å²) in [7, 11) is 0. The van der Waals surface area contributed by atoms with E-state index in [9.17, 15) is 0 Å². The van der Waals surface area contributed by atoms with Gasteiger partial charge in [0, 0.05) is 9.75 Å². The molecule has 0 aliphatic rings. The van der Waals surface area contributed by atoms with E-state index in [1.165, 1.54) is 41.9 Å². The second kappa shape index (κ2) is 6.17. The van der Waals surface area contributed by atoms with Gasteiger partial charge in [-0.05, 0) is 44.4 Å². The number of rotatable bonds is 6. The lowest BCUT2D eigenvalue weighted by molar-refractivity contribution is 0.690. The molecule has 0 aromatic carbocycles. The first-order chi connectivity index (χ1) is 6.36. The van der Waals surface area contributed by atoms with E-state index in [0.29, 0.717) is 0 Å². The van der Waals surface area contributed by atoms with Crippen LogP contribution in [-0.4, -0.2) is 6.54 Å². The molecule has 2 N–H and O–H groups in total. The van der Waals surface area contributed by atoms with Gasteiger partial charge in [0.05, 0.1) is 0 Å². The van der Waals surface area contributed by atoms with Crippen LogP contribution in [0.4, 0.5) is 0 Å². The van der Waals surface area contributed by atoms with Crippen LogP contribution in [0.25, 0.3) is 0 Å². The Bertz CT molecular complexity index is 230. The Balaban J connectivity index is 2.20. The molecule has 1 aromatic rings. The zero-order valence-corrected chi connectivity index (χ0v) is 9.20. The fourth-order valence-corrected chi connectivity index (χ4v) is 2.37. The van der Waals surface area contributed by atoms with Gasteiger partial charge >= 0.3 is 0 Å². The molecule has 0 amide bonds. The van der Waals surface area contributed by atoms with Crippen molar-refractivity contribution in [3.8, 4) is 0 Å². The SMILES string of the molecule is CCc1ccc(CCCCCN)s1. The molecule has 0 fully saturated rings. The van der Waals surface area contributed by atoms with Crippen LogP contribution < -0.4 is 5.73 Å². The van der Waals surface area contributed by atoms with Crippen LogP contribution in [0.15, 0.2) is 12.1 Å². The number of hydrogen-bond donors (Lipinski definition) is 1. The Hall–Kier alpha value is -0.340. The number of aryl methyl sites for hydroxylation is 2. The number of nitrogens with two attached hydrogens (primary N) is 1. The van der Waals surface area contributed by atoms with E-state index in [1.54, 1.807) is 0 Å². The maximum atomic E-state index is 5.44. The van der Waals surface area contributed by atoms with Crippen molar-refractivity contribution in [2.45, 2.75) is 39.0 Å². The van der Waals surface area contributed by atoms with Crippen LogP contribution in [0.5, 0.6) is 0 Å². The normalized spacial score (nSPS) is 10.6. The summed E-state index contributed by atoms with van der Waals surface area (Å²) in [5, 5.41) is 0. The van der Waals surface area contributed by atoms with Gasteiger partial charge in [-0.15, -0.1) is 11.3 Å². The lowest BCUT2D eigenvalue weighted by Crippen LogP contribution is -1.97. The lowest BCUT2D eigenvalue weighted by atomic mass is 10.2.